The summed E-state index contributed by atoms with van der Waals surface area (Å²) in [7, 11) is 0. The van der Waals surface area contributed by atoms with Crippen LogP contribution in [-0.4, -0.2) is 28.3 Å². The Labute approximate surface area is 114 Å². The van der Waals surface area contributed by atoms with Gasteiger partial charge in [-0.3, -0.25) is 0 Å². The first-order chi connectivity index (χ1) is 9.11. The number of benzene rings is 1. The summed E-state index contributed by atoms with van der Waals surface area (Å²) in [6, 6.07) is 2.66. The standard InChI is InChI=1S/C13H16F3NO3/c1-7(5-8(2)18)17-9-3-4-11(13(14,15)16)10(6-9)12(19)20/h3-4,6-8,17-18H,5H2,1-2H3,(H,19,20). The average Bonchev–Trinajstić information content (AvgIpc) is 2.25. The van der Waals surface area contributed by atoms with Crippen molar-refractivity contribution in [2.45, 2.75) is 38.6 Å². The lowest BCUT2D eigenvalue weighted by Gasteiger charge is -2.18. The number of alkyl halides is 3. The van der Waals surface area contributed by atoms with Crippen molar-refractivity contribution in [3.05, 3.63) is 29.3 Å². The van der Waals surface area contributed by atoms with Gasteiger partial charge in [0.05, 0.1) is 17.2 Å². The fourth-order valence-electron chi connectivity index (χ4n) is 1.91. The molecule has 0 aromatic heterocycles. The van der Waals surface area contributed by atoms with E-state index in [0.717, 1.165) is 12.1 Å². The molecule has 0 heterocycles. The Bertz CT molecular complexity index is 486. The highest BCUT2D eigenvalue weighted by Gasteiger charge is 2.35. The lowest BCUT2D eigenvalue weighted by atomic mass is 10.1. The van der Waals surface area contributed by atoms with E-state index in [0.29, 0.717) is 6.42 Å². The summed E-state index contributed by atoms with van der Waals surface area (Å²) in [5.74, 6) is -1.64. The van der Waals surface area contributed by atoms with Crippen LogP contribution < -0.4 is 5.32 Å². The molecule has 20 heavy (non-hydrogen) atoms. The molecule has 2 unspecified atom stereocenters. The zero-order valence-corrected chi connectivity index (χ0v) is 11.0. The summed E-state index contributed by atoms with van der Waals surface area (Å²) >= 11 is 0. The number of nitrogens with one attached hydrogen (secondary N) is 1. The Balaban J connectivity index is 3.02. The fourth-order valence-corrected chi connectivity index (χ4v) is 1.91. The first-order valence-corrected chi connectivity index (χ1v) is 6.00. The molecule has 0 saturated heterocycles. The first kappa shape index (κ1) is 16.3. The third-order valence-electron chi connectivity index (χ3n) is 2.66. The second kappa shape index (κ2) is 6.13. The maximum Gasteiger partial charge on any atom is 0.417 e. The molecule has 1 aromatic rings. The topological polar surface area (TPSA) is 69.6 Å². The maximum absolute atomic E-state index is 12.7. The van der Waals surface area contributed by atoms with Crippen molar-refractivity contribution < 1.29 is 28.2 Å². The van der Waals surface area contributed by atoms with Gasteiger partial charge in [-0.2, -0.15) is 13.2 Å². The van der Waals surface area contributed by atoms with Crippen molar-refractivity contribution in [3.8, 4) is 0 Å². The molecule has 112 valence electrons. The predicted octanol–water partition coefficient (Wildman–Crippen LogP) is 2.97. The molecular formula is C13H16F3NO3. The van der Waals surface area contributed by atoms with Gasteiger partial charge >= 0.3 is 12.1 Å². The minimum absolute atomic E-state index is 0.201. The molecule has 4 nitrogen and oxygen atoms in total. The molecule has 1 rings (SSSR count). The van der Waals surface area contributed by atoms with Crippen molar-refractivity contribution in [1.82, 2.24) is 0 Å². The second-order valence-corrected chi connectivity index (χ2v) is 4.69. The molecular weight excluding hydrogens is 275 g/mol. The minimum atomic E-state index is -4.71. The third kappa shape index (κ3) is 4.41. The summed E-state index contributed by atoms with van der Waals surface area (Å²) in [5.41, 5.74) is -1.71. The third-order valence-corrected chi connectivity index (χ3v) is 2.66. The largest absolute Gasteiger partial charge is 0.478 e. The van der Waals surface area contributed by atoms with Gasteiger partial charge in [-0.15, -0.1) is 0 Å². The van der Waals surface area contributed by atoms with E-state index in [1.54, 1.807) is 13.8 Å². The number of anilines is 1. The molecule has 0 saturated carbocycles. The van der Waals surface area contributed by atoms with Crippen LogP contribution in [0.25, 0.3) is 0 Å². The van der Waals surface area contributed by atoms with Crippen LogP contribution in [0.5, 0.6) is 0 Å². The van der Waals surface area contributed by atoms with Gasteiger partial charge in [0.25, 0.3) is 0 Å². The SMILES string of the molecule is CC(O)CC(C)Nc1ccc(C(F)(F)F)c(C(=O)O)c1. The van der Waals surface area contributed by atoms with E-state index in [2.05, 4.69) is 5.32 Å². The minimum Gasteiger partial charge on any atom is -0.478 e. The molecule has 3 N–H and O–H groups in total. The molecule has 0 amide bonds. The normalized spacial score (nSPS) is 14.7. The van der Waals surface area contributed by atoms with Crippen molar-refractivity contribution in [1.29, 1.82) is 0 Å². The zero-order chi connectivity index (χ0) is 15.5. The quantitative estimate of drug-likeness (QED) is 0.780. The van der Waals surface area contributed by atoms with Crippen LogP contribution in [0.4, 0.5) is 18.9 Å². The average molecular weight is 291 g/mol. The monoisotopic (exact) mass is 291 g/mol. The number of aromatic carboxylic acids is 1. The van der Waals surface area contributed by atoms with Crippen molar-refractivity contribution in [2.24, 2.45) is 0 Å². The van der Waals surface area contributed by atoms with Crippen molar-refractivity contribution >= 4 is 11.7 Å². The smallest absolute Gasteiger partial charge is 0.417 e. The van der Waals surface area contributed by atoms with Crippen LogP contribution in [0, 0.1) is 0 Å². The number of aliphatic hydroxyl groups excluding tert-OH is 1. The number of aliphatic hydroxyl groups is 1. The molecule has 0 radical (unpaired) electrons. The molecule has 0 spiro atoms. The van der Waals surface area contributed by atoms with E-state index in [9.17, 15) is 23.1 Å². The number of rotatable bonds is 5. The Morgan fingerprint density at radius 3 is 2.40 bits per heavy atom. The van der Waals surface area contributed by atoms with Gasteiger partial charge in [0.2, 0.25) is 0 Å². The Hall–Kier alpha value is -1.76. The zero-order valence-electron chi connectivity index (χ0n) is 11.0. The highest BCUT2D eigenvalue weighted by Crippen LogP contribution is 2.33. The molecule has 7 heteroatoms. The highest BCUT2D eigenvalue weighted by molar-refractivity contribution is 5.91. The van der Waals surface area contributed by atoms with E-state index in [1.165, 1.54) is 6.07 Å². The molecule has 2 atom stereocenters. The van der Waals surface area contributed by atoms with Crippen LogP contribution in [0.3, 0.4) is 0 Å². The number of hydrogen-bond acceptors (Lipinski definition) is 3. The number of carbonyl (C=O) groups is 1. The van der Waals surface area contributed by atoms with Gasteiger partial charge in [0, 0.05) is 11.7 Å². The van der Waals surface area contributed by atoms with Crippen molar-refractivity contribution in [3.63, 3.8) is 0 Å². The number of carboxylic acid groups (broad SMARTS) is 1. The predicted molar refractivity (Wildman–Crippen MR) is 67.8 cm³/mol. The van der Waals surface area contributed by atoms with Crippen LogP contribution >= 0.6 is 0 Å². The van der Waals surface area contributed by atoms with E-state index in [1.807, 2.05) is 0 Å². The van der Waals surface area contributed by atoms with E-state index < -0.39 is 29.4 Å². The van der Waals surface area contributed by atoms with E-state index in [4.69, 9.17) is 5.11 Å². The van der Waals surface area contributed by atoms with Gasteiger partial charge in [0.1, 0.15) is 0 Å². The molecule has 0 bridgehead atoms. The summed E-state index contributed by atoms with van der Waals surface area (Å²) in [5, 5.41) is 20.9. The highest BCUT2D eigenvalue weighted by atomic mass is 19.4. The fraction of sp³-hybridized carbons (Fsp3) is 0.462. The summed E-state index contributed by atoms with van der Waals surface area (Å²) < 4.78 is 38.0. The first-order valence-electron chi connectivity index (χ1n) is 6.00. The van der Waals surface area contributed by atoms with Crippen LogP contribution in [0.1, 0.15) is 36.2 Å². The van der Waals surface area contributed by atoms with Gasteiger partial charge in [-0.25, -0.2) is 4.79 Å². The van der Waals surface area contributed by atoms with Crippen molar-refractivity contribution in [2.75, 3.05) is 5.32 Å². The van der Waals surface area contributed by atoms with Gasteiger partial charge in [0.15, 0.2) is 0 Å². The summed E-state index contributed by atoms with van der Waals surface area (Å²) in [4.78, 5) is 10.9. The molecule has 0 aliphatic rings. The van der Waals surface area contributed by atoms with Crippen LogP contribution in [0.2, 0.25) is 0 Å². The Morgan fingerprint density at radius 2 is 1.95 bits per heavy atom. The van der Waals surface area contributed by atoms with E-state index >= 15 is 0 Å². The summed E-state index contributed by atoms with van der Waals surface area (Å²) in [6.07, 6.45) is -4.88. The Kier molecular flexibility index (Phi) is 4.99. The van der Waals surface area contributed by atoms with Gasteiger partial charge in [-0.1, -0.05) is 0 Å². The number of carboxylic acids is 1. The number of halogens is 3. The van der Waals surface area contributed by atoms with Crippen LogP contribution in [-0.2, 0) is 6.18 Å². The molecule has 0 aliphatic heterocycles. The van der Waals surface area contributed by atoms with E-state index in [-0.39, 0.29) is 11.7 Å². The lowest BCUT2D eigenvalue weighted by Crippen LogP contribution is -2.21. The van der Waals surface area contributed by atoms with Gasteiger partial charge < -0.3 is 15.5 Å². The summed E-state index contributed by atoms with van der Waals surface area (Å²) in [6.45, 7) is 3.33. The maximum atomic E-state index is 12.7. The van der Waals surface area contributed by atoms with Gasteiger partial charge in [-0.05, 0) is 38.5 Å². The molecule has 0 aliphatic carbocycles. The molecule has 1 aromatic carbocycles. The number of hydrogen-bond donors (Lipinski definition) is 3. The molecule has 0 fully saturated rings. The Morgan fingerprint density at radius 1 is 1.35 bits per heavy atom. The lowest BCUT2D eigenvalue weighted by molar-refractivity contribution is -0.138. The second-order valence-electron chi connectivity index (χ2n) is 4.69. The van der Waals surface area contributed by atoms with Crippen LogP contribution in [0.15, 0.2) is 18.2 Å².